The number of hydrogen-bond donors (Lipinski definition) is 2. The molecule has 2 aromatic heterocycles. The number of nitrogens with zero attached hydrogens (tertiary/aromatic N) is 5. The minimum atomic E-state index is -1.03. The summed E-state index contributed by atoms with van der Waals surface area (Å²) in [6.45, 7) is 0.294. The van der Waals surface area contributed by atoms with E-state index in [1.165, 1.54) is 11.0 Å². The van der Waals surface area contributed by atoms with E-state index in [0.29, 0.717) is 30.2 Å². The highest BCUT2D eigenvalue weighted by atomic mass is 16.4. The number of rotatable bonds is 4. The fourth-order valence-corrected chi connectivity index (χ4v) is 3.56. The van der Waals surface area contributed by atoms with E-state index >= 15 is 0 Å². The van der Waals surface area contributed by atoms with Gasteiger partial charge in [0, 0.05) is 30.8 Å². The van der Waals surface area contributed by atoms with Crippen molar-refractivity contribution in [2.24, 2.45) is 5.73 Å². The summed E-state index contributed by atoms with van der Waals surface area (Å²) < 4.78 is 0. The number of nitrogens with two attached hydrogens (primary N) is 1. The summed E-state index contributed by atoms with van der Waals surface area (Å²) in [5, 5.41) is 9.35. The number of fused-ring (bicyclic) bond motifs is 1. The van der Waals surface area contributed by atoms with Crippen molar-refractivity contribution in [1.29, 1.82) is 0 Å². The van der Waals surface area contributed by atoms with Gasteiger partial charge in [0.1, 0.15) is 0 Å². The number of carbonyl (C=O) groups excluding carboxylic acids is 1. The van der Waals surface area contributed by atoms with Crippen LogP contribution in [-0.2, 0) is 6.42 Å². The zero-order valence-electron chi connectivity index (χ0n) is 15.3. The molecule has 29 heavy (non-hydrogen) atoms. The number of pyridine rings is 1. The predicted octanol–water partition coefficient (Wildman–Crippen LogP) is 2.22. The Morgan fingerprint density at radius 1 is 1.14 bits per heavy atom. The third-order valence-corrected chi connectivity index (χ3v) is 4.79. The van der Waals surface area contributed by atoms with Crippen LogP contribution in [0.15, 0.2) is 61.2 Å². The van der Waals surface area contributed by atoms with Crippen molar-refractivity contribution < 1.29 is 14.7 Å². The van der Waals surface area contributed by atoms with Crippen LogP contribution in [0.2, 0.25) is 0 Å². The van der Waals surface area contributed by atoms with Crippen LogP contribution in [0.3, 0.4) is 0 Å². The number of benzene rings is 1. The Morgan fingerprint density at radius 2 is 1.93 bits per heavy atom. The summed E-state index contributed by atoms with van der Waals surface area (Å²) in [6, 6.07) is 9.18. The average molecular weight is 390 g/mol. The fraction of sp³-hybridized carbons (Fsp3) is 0.150. The van der Waals surface area contributed by atoms with Crippen LogP contribution in [-0.4, -0.2) is 44.6 Å². The number of carboxylic acids is 1. The van der Waals surface area contributed by atoms with E-state index in [9.17, 15) is 14.7 Å². The molecule has 1 atom stereocenters. The molecule has 9 heteroatoms. The van der Waals surface area contributed by atoms with E-state index in [2.05, 4.69) is 15.0 Å². The normalized spacial score (nSPS) is 15.4. The summed E-state index contributed by atoms with van der Waals surface area (Å²) in [7, 11) is 0. The maximum absolute atomic E-state index is 12.1. The molecule has 4 rings (SSSR count). The van der Waals surface area contributed by atoms with Gasteiger partial charge in [-0.2, -0.15) is 0 Å². The first-order valence-electron chi connectivity index (χ1n) is 8.94. The molecule has 9 nitrogen and oxygen atoms in total. The lowest BCUT2D eigenvalue weighted by Crippen LogP contribution is -2.51. The summed E-state index contributed by atoms with van der Waals surface area (Å²) in [4.78, 5) is 39.8. The number of hydrogen-bond acceptors (Lipinski definition) is 6. The van der Waals surface area contributed by atoms with Gasteiger partial charge in [-0.1, -0.05) is 0 Å². The second kappa shape index (κ2) is 7.55. The van der Waals surface area contributed by atoms with Crippen molar-refractivity contribution in [3.05, 3.63) is 72.3 Å². The quantitative estimate of drug-likeness (QED) is 0.699. The van der Waals surface area contributed by atoms with E-state index in [-0.39, 0.29) is 11.6 Å². The predicted molar refractivity (Wildman–Crippen MR) is 106 cm³/mol. The summed E-state index contributed by atoms with van der Waals surface area (Å²) >= 11 is 0. The number of amides is 2. The highest BCUT2D eigenvalue weighted by Gasteiger charge is 2.33. The van der Waals surface area contributed by atoms with Gasteiger partial charge in [-0.3, -0.25) is 9.88 Å². The SMILES string of the molecule is NC(=O)N1CC(N(c2cccnc2)c2ncccn2)Cc2cc(C(=O)O)ccc21. The average Bonchev–Trinajstić information content (AvgIpc) is 2.74. The summed E-state index contributed by atoms with van der Waals surface area (Å²) in [5.41, 5.74) is 7.86. The van der Waals surface area contributed by atoms with Crippen LogP contribution in [0.5, 0.6) is 0 Å². The highest BCUT2D eigenvalue weighted by molar-refractivity contribution is 5.94. The summed E-state index contributed by atoms with van der Waals surface area (Å²) in [5.74, 6) is -0.580. The maximum Gasteiger partial charge on any atom is 0.335 e. The maximum atomic E-state index is 12.1. The van der Waals surface area contributed by atoms with Crippen LogP contribution < -0.4 is 15.5 Å². The lowest BCUT2D eigenvalue weighted by molar-refractivity contribution is 0.0696. The molecule has 1 aliphatic heterocycles. The fourth-order valence-electron chi connectivity index (χ4n) is 3.56. The number of urea groups is 1. The molecular formula is C20H18N6O3. The molecule has 0 fully saturated rings. The largest absolute Gasteiger partial charge is 0.478 e. The lowest BCUT2D eigenvalue weighted by atomic mass is 9.95. The highest BCUT2D eigenvalue weighted by Crippen LogP contribution is 2.34. The monoisotopic (exact) mass is 390 g/mol. The Balaban J connectivity index is 1.81. The number of carbonyl (C=O) groups is 2. The standard InChI is InChI=1S/C20H18N6O3/c21-19(29)25-12-16(10-14-9-13(18(27)28)4-5-17(14)25)26(15-3-1-6-22-11-15)20-23-7-2-8-24-20/h1-9,11,16H,10,12H2,(H2,21,29)(H,27,28). The van der Waals surface area contributed by atoms with Crippen molar-refractivity contribution >= 4 is 29.3 Å². The van der Waals surface area contributed by atoms with Crippen molar-refractivity contribution in [3.8, 4) is 0 Å². The van der Waals surface area contributed by atoms with E-state index in [0.717, 1.165) is 5.69 Å². The van der Waals surface area contributed by atoms with Gasteiger partial charge in [-0.05, 0) is 48.4 Å². The Kier molecular flexibility index (Phi) is 4.78. The molecule has 0 radical (unpaired) electrons. The molecule has 146 valence electrons. The molecule has 0 bridgehead atoms. The Hall–Kier alpha value is -4.01. The van der Waals surface area contributed by atoms with Gasteiger partial charge < -0.3 is 15.7 Å². The minimum Gasteiger partial charge on any atom is -0.478 e. The molecule has 1 aromatic carbocycles. The van der Waals surface area contributed by atoms with Gasteiger partial charge in [-0.15, -0.1) is 0 Å². The number of aromatic nitrogens is 3. The number of primary amides is 1. The number of carboxylic acid groups (broad SMARTS) is 1. The van der Waals surface area contributed by atoms with Crippen molar-refractivity contribution in [1.82, 2.24) is 15.0 Å². The van der Waals surface area contributed by atoms with Gasteiger partial charge in [0.25, 0.3) is 0 Å². The number of aromatic carboxylic acids is 1. The first kappa shape index (κ1) is 18.4. The Morgan fingerprint density at radius 3 is 2.59 bits per heavy atom. The molecule has 3 heterocycles. The second-order valence-electron chi connectivity index (χ2n) is 6.59. The van der Waals surface area contributed by atoms with E-state index < -0.39 is 12.0 Å². The molecule has 1 aliphatic rings. The molecule has 2 amide bonds. The van der Waals surface area contributed by atoms with E-state index in [1.807, 2.05) is 11.0 Å². The van der Waals surface area contributed by atoms with Crippen LogP contribution in [0.4, 0.5) is 22.1 Å². The van der Waals surface area contributed by atoms with Crippen LogP contribution in [0.1, 0.15) is 15.9 Å². The first-order valence-corrected chi connectivity index (χ1v) is 8.94. The van der Waals surface area contributed by atoms with Crippen molar-refractivity contribution in [2.45, 2.75) is 12.5 Å². The smallest absolute Gasteiger partial charge is 0.335 e. The van der Waals surface area contributed by atoms with Gasteiger partial charge in [0.15, 0.2) is 0 Å². The zero-order valence-corrected chi connectivity index (χ0v) is 15.3. The zero-order chi connectivity index (χ0) is 20.4. The molecule has 3 aromatic rings. The summed E-state index contributed by atoms with van der Waals surface area (Å²) in [6.07, 6.45) is 7.10. The van der Waals surface area contributed by atoms with E-state index in [4.69, 9.17) is 5.73 Å². The molecule has 0 saturated carbocycles. The topological polar surface area (TPSA) is 126 Å². The molecule has 3 N–H and O–H groups in total. The Labute approximate surface area is 166 Å². The molecule has 0 spiro atoms. The van der Waals surface area contributed by atoms with Crippen LogP contribution >= 0.6 is 0 Å². The lowest BCUT2D eigenvalue weighted by Gasteiger charge is -2.39. The third-order valence-electron chi connectivity index (χ3n) is 4.79. The Bertz CT molecular complexity index is 1010. The number of anilines is 3. The molecule has 0 aliphatic carbocycles. The molecular weight excluding hydrogens is 372 g/mol. The third kappa shape index (κ3) is 3.57. The van der Waals surface area contributed by atoms with Crippen LogP contribution in [0, 0.1) is 0 Å². The van der Waals surface area contributed by atoms with Crippen molar-refractivity contribution in [2.75, 3.05) is 16.3 Å². The van der Waals surface area contributed by atoms with E-state index in [1.54, 1.807) is 49.1 Å². The van der Waals surface area contributed by atoms with Gasteiger partial charge >= 0.3 is 12.0 Å². The second-order valence-corrected chi connectivity index (χ2v) is 6.59. The first-order chi connectivity index (χ1) is 14.0. The molecule has 1 unspecified atom stereocenters. The van der Waals surface area contributed by atoms with Gasteiger partial charge in [0.2, 0.25) is 5.95 Å². The van der Waals surface area contributed by atoms with Crippen molar-refractivity contribution in [3.63, 3.8) is 0 Å². The van der Waals surface area contributed by atoms with Gasteiger partial charge in [-0.25, -0.2) is 19.6 Å². The minimum absolute atomic E-state index is 0.151. The molecule has 0 saturated heterocycles. The van der Waals surface area contributed by atoms with Gasteiger partial charge in [0.05, 0.1) is 23.5 Å². The van der Waals surface area contributed by atoms with Crippen LogP contribution in [0.25, 0.3) is 0 Å².